The second-order valence-electron chi connectivity index (χ2n) is 8.07. The topological polar surface area (TPSA) is 72.6 Å². The van der Waals surface area contributed by atoms with Crippen molar-refractivity contribution in [2.24, 2.45) is 0 Å². The molecule has 0 aliphatic carbocycles. The van der Waals surface area contributed by atoms with Gasteiger partial charge in [0.05, 0.1) is 6.26 Å². The zero-order valence-corrected chi connectivity index (χ0v) is 17.2. The number of likely N-dealkylation sites (tertiary alicyclic amines) is 1. The fourth-order valence-corrected chi connectivity index (χ4v) is 4.46. The van der Waals surface area contributed by atoms with Gasteiger partial charge in [-0.15, -0.1) is 0 Å². The van der Waals surface area contributed by atoms with Crippen LogP contribution in [0.4, 0.5) is 5.88 Å². The number of anilines is 1. The lowest BCUT2D eigenvalue weighted by molar-refractivity contribution is 0.101. The van der Waals surface area contributed by atoms with Crippen LogP contribution in [0.3, 0.4) is 0 Å². The molecule has 0 saturated carbocycles. The molecule has 2 N–H and O–H groups in total. The van der Waals surface area contributed by atoms with Crippen LogP contribution in [0.15, 0.2) is 45.4 Å². The van der Waals surface area contributed by atoms with Crippen molar-refractivity contribution in [3.8, 4) is 0 Å². The molecule has 3 heterocycles. The molecule has 1 saturated heterocycles. The van der Waals surface area contributed by atoms with Gasteiger partial charge in [0.25, 0.3) is 0 Å². The lowest BCUT2D eigenvalue weighted by Gasteiger charge is -2.32. The average Bonchev–Trinajstić information content (AvgIpc) is 3.38. The van der Waals surface area contributed by atoms with E-state index in [1.54, 1.807) is 18.2 Å². The summed E-state index contributed by atoms with van der Waals surface area (Å²) < 4.78 is 11.1. The smallest absolute Gasteiger partial charge is 0.228 e. The number of fused-ring (bicyclic) bond motifs is 1. The van der Waals surface area contributed by atoms with E-state index in [2.05, 4.69) is 11.8 Å². The van der Waals surface area contributed by atoms with Crippen LogP contribution < -0.4 is 5.73 Å². The van der Waals surface area contributed by atoms with Gasteiger partial charge < -0.3 is 19.5 Å². The number of carbonyl (C=O) groups is 1. The number of nitrogens with two attached hydrogens (primary N) is 1. The zero-order chi connectivity index (χ0) is 20.2. The van der Waals surface area contributed by atoms with Gasteiger partial charge in [-0.25, -0.2) is 0 Å². The van der Waals surface area contributed by atoms with E-state index in [4.69, 9.17) is 14.6 Å². The lowest BCUT2D eigenvalue weighted by atomic mass is 9.88. The van der Waals surface area contributed by atoms with E-state index in [0.717, 1.165) is 42.5 Å². The minimum absolute atomic E-state index is 0.121. The van der Waals surface area contributed by atoms with Crippen LogP contribution >= 0.6 is 0 Å². The highest BCUT2D eigenvalue weighted by atomic mass is 16.3. The van der Waals surface area contributed by atoms with Crippen LogP contribution in [0, 0.1) is 0 Å². The van der Waals surface area contributed by atoms with Crippen molar-refractivity contribution in [1.29, 1.82) is 0 Å². The third-order valence-corrected chi connectivity index (χ3v) is 6.09. The molecule has 5 nitrogen and oxygen atoms in total. The van der Waals surface area contributed by atoms with Gasteiger partial charge in [0, 0.05) is 16.5 Å². The number of carbonyl (C=O) groups excluding carboxylic acids is 1. The van der Waals surface area contributed by atoms with E-state index < -0.39 is 0 Å². The van der Waals surface area contributed by atoms with E-state index >= 15 is 0 Å². The Morgan fingerprint density at radius 1 is 1.17 bits per heavy atom. The van der Waals surface area contributed by atoms with Crippen LogP contribution in [-0.2, 0) is 0 Å². The molecule has 0 radical (unpaired) electrons. The third-order valence-electron chi connectivity index (χ3n) is 6.09. The van der Waals surface area contributed by atoms with Crippen LogP contribution in [0.2, 0.25) is 0 Å². The monoisotopic (exact) mass is 394 g/mol. The quantitative estimate of drug-likeness (QED) is 0.398. The number of nitrogen functional groups attached to an aromatic ring is 1. The van der Waals surface area contributed by atoms with E-state index in [1.807, 2.05) is 12.1 Å². The Kier molecular flexibility index (Phi) is 6.05. The molecule has 0 amide bonds. The van der Waals surface area contributed by atoms with Crippen molar-refractivity contribution in [2.45, 2.75) is 51.4 Å². The van der Waals surface area contributed by atoms with Crippen molar-refractivity contribution >= 4 is 22.6 Å². The number of piperidine rings is 1. The highest BCUT2D eigenvalue weighted by Gasteiger charge is 2.26. The first-order chi connectivity index (χ1) is 14.2. The van der Waals surface area contributed by atoms with Gasteiger partial charge in [-0.3, -0.25) is 4.79 Å². The SMILES string of the molecule is CCCCCCN1CCC(c2c(N)oc3ccc(C(=O)c4ccco4)cc23)CC1. The number of nitrogens with zero attached hydrogens (tertiary/aromatic N) is 1. The van der Waals surface area contributed by atoms with Crippen molar-refractivity contribution in [3.63, 3.8) is 0 Å². The molecule has 0 unspecified atom stereocenters. The fraction of sp³-hybridized carbons (Fsp3) is 0.458. The van der Waals surface area contributed by atoms with Crippen LogP contribution in [0.5, 0.6) is 0 Å². The predicted molar refractivity (Wildman–Crippen MR) is 115 cm³/mol. The summed E-state index contributed by atoms with van der Waals surface area (Å²) in [6, 6.07) is 8.94. The van der Waals surface area contributed by atoms with Crippen molar-refractivity contribution in [3.05, 3.63) is 53.5 Å². The number of ketones is 1. The molecule has 0 atom stereocenters. The van der Waals surface area contributed by atoms with Gasteiger partial charge in [-0.1, -0.05) is 26.2 Å². The van der Waals surface area contributed by atoms with Crippen LogP contribution in [0.1, 0.15) is 73.0 Å². The second-order valence-corrected chi connectivity index (χ2v) is 8.07. The minimum Gasteiger partial charge on any atom is -0.461 e. The molecule has 5 heteroatoms. The Bertz CT molecular complexity index is 950. The van der Waals surface area contributed by atoms with E-state index in [9.17, 15) is 4.79 Å². The van der Waals surface area contributed by atoms with E-state index in [0.29, 0.717) is 23.1 Å². The van der Waals surface area contributed by atoms with Crippen LogP contribution in [-0.4, -0.2) is 30.3 Å². The van der Waals surface area contributed by atoms with Gasteiger partial charge >= 0.3 is 0 Å². The summed E-state index contributed by atoms with van der Waals surface area (Å²) in [5.74, 6) is 1.09. The summed E-state index contributed by atoms with van der Waals surface area (Å²) in [6.07, 6.45) is 8.87. The van der Waals surface area contributed by atoms with Gasteiger partial charge in [-0.2, -0.15) is 0 Å². The number of benzene rings is 1. The number of hydrogen-bond donors (Lipinski definition) is 1. The minimum atomic E-state index is -0.121. The summed E-state index contributed by atoms with van der Waals surface area (Å²) in [6.45, 7) is 5.62. The summed E-state index contributed by atoms with van der Waals surface area (Å²) in [5.41, 5.74) is 8.68. The van der Waals surface area contributed by atoms with E-state index in [-0.39, 0.29) is 5.78 Å². The molecule has 1 aromatic carbocycles. The van der Waals surface area contributed by atoms with Gasteiger partial charge in [-0.05, 0) is 75.1 Å². The number of hydrogen-bond acceptors (Lipinski definition) is 5. The molecule has 154 valence electrons. The van der Waals surface area contributed by atoms with E-state index in [1.165, 1.54) is 38.5 Å². The Morgan fingerprint density at radius 2 is 2.00 bits per heavy atom. The number of furan rings is 2. The first kappa shape index (κ1) is 19.8. The molecule has 3 aromatic rings. The van der Waals surface area contributed by atoms with Crippen LogP contribution in [0.25, 0.3) is 11.0 Å². The molecule has 1 aliphatic heterocycles. The maximum absolute atomic E-state index is 12.7. The second kappa shape index (κ2) is 8.87. The molecule has 1 fully saturated rings. The standard InChI is InChI=1S/C24H30N2O3/c1-2-3-4-5-12-26-13-10-17(11-14-26)22-19-16-18(8-9-20(19)29-24(22)25)23(27)21-7-6-15-28-21/h6-9,15-17H,2-5,10-14,25H2,1H3. The summed E-state index contributed by atoms with van der Waals surface area (Å²) in [7, 11) is 0. The Labute approximate surface area is 171 Å². The fourth-order valence-electron chi connectivity index (χ4n) is 4.46. The predicted octanol–water partition coefficient (Wildman–Crippen LogP) is 5.60. The molecule has 0 bridgehead atoms. The highest BCUT2D eigenvalue weighted by Crippen LogP contribution is 2.39. The van der Waals surface area contributed by atoms with Gasteiger partial charge in [0.2, 0.25) is 5.78 Å². The molecular formula is C24H30N2O3. The van der Waals surface area contributed by atoms with Gasteiger partial charge in [0.15, 0.2) is 11.6 Å². The summed E-state index contributed by atoms with van der Waals surface area (Å²) in [4.78, 5) is 15.2. The third kappa shape index (κ3) is 4.25. The summed E-state index contributed by atoms with van der Waals surface area (Å²) >= 11 is 0. The number of rotatable bonds is 8. The Balaban J connectivity index is 1.50. The first-order valence-electron chi connectivity index (χ1n) is 10.8. The maximum atomic E-state index is 12.7. The largest absolute Gasteiger partial charge is 0.461 e. The molecule has 2 aromatic heterocycles. The molecule has 0 spiro atoms. The van der Waals surface area contributed by atoms with Crippen molar-refractivity contribution < 1.29 is 13.6 Å². The van der Waals surface area contributed by atoms with Crippen molar-refractivity contribution in [1.82, 2.24) is 4.90 Å². The number of unbranched alkanes of at least 4 members (excludes halogenated alkanes) is 3. The first-order valence-corrected chi connectivity index (χ1v) is 10.8. The average molecular weight is 395 g/mol. The molecular weight excluding hydrogens is 364 g/mol. The molecule has 29 heavy (non-hydrogen) atoms. The Hall–Kier alpha value is -2.53. The molecule has 4 rings (SSSR count). The summed E-state index contributed by atoms with van der Waals surface area (Å²) in [5, 5.41) is 0.960. The maximum Gasteiger partial charge on any atom is 0.228 e. The van der Waals surface area contributed by atoms with Crippen molar-refractivity contribution in [2.75, 3.05) is 25.4 Å². The highest BCUT2D eigenvalue weighted by molar-refractivity contribution is 6.09. The Morgan fingerprint density at radius 3 is 2.72 bits per heavy atom. The zero-order valence-electron chi connectivity index (χ0n) is 17.2. The normalized spacial score (nSPS) is 15.9. The van der Waals surface area contributed by atoms with Gasteiger partial charge in [0.1, 0.15) is 5.58 Å². The molecule has 1 aliphatic rings. The lowest BCUT2D eigenvalue weighted by Crippen LogP contribution is -2.33.